The monoisotopic (exact) mass is 388 g/mol. The quantitative estimate of drug-likeness (QED) is 0.401. The van der Waals surface area contributed by atoms with Gasteiger partial charge >= 0.3 is 0 Å². The smallest absolute Gasteiger partial charge is 0.191 e. The number of benzene rings is 1. The highest BCUT2D eigenvalue weighted by molar-refractivity contribution is 7.98. The van der Waals surface area contributed by atoms with Crippen molar-refractivity contribution in [1.29, 1.82) is 0 Å². The SMILES string of the molecule is C=CCn1c(SCc2csc(-c3ccc(Cl)cc3)n2)nnc1C1CC1. The zero-order valence-electron chi connectivity index (χ0n) is 13.6. The molecule has 4 nitrogen and oxygen atoms in total. The molecule has 1 aliphatic rings. The Morgan fingerprint density at radius 1 is 1.28 bits per heavy atom. The fraction of sp³-hybridized carbons (Fsp3) is 0.278. The minimum absolute atomic E-state index is 0.581. The van der Waals surface area contributed by atoms with Crippen LogP contribution in [-0.4, -0.2) is 19.7 Å². The van der Waals surface area contributed by atoms with Gasteiger partial charge in [0, 0.05) is 34.2 Å². The molecule has 1 saturated carbocycles. The molecule has 0 atom stereocenters. The average Bonchev–Trinajstić information content (AvgIpc) is 3.22. The second kappa shape index (κ2) is 7.32. The lowest BCUT2D eigenvalue weighted by molar-refractivity contribution is 0.681. The number of rotatable bonds is 7. The number of halogens is 1. The van der Waals surface area contributed by atoms with Crippen molar-refractivity contribution in [2.24, 2.45) is 0 Å². The average molecular weight is 389 g/mol. The normalized spacial score (nSPS) is 14.0. The lowest BCUT2D eigenvalue weighted by atomic mass is 10.2. The maximum atomic E-state index is 5.95. The minimum atomic E-state index is 0.581. The molecule has 0 unspecified atom stereocenters. The van der Waals surface area contributed by atoms with Crippen molar-refractivity contribution >= 4 is 34.7 Å². The molecule has 0 saturated heterocycles. The van der Waals surface area contributed by atoms with Gasteiger partial charge in [0.15, 0.2) is 5.16 Å². The number of hydrogen-bond acceptors (Lipinski definition) is 5. The Balaban J connectivity index is 1.47. The highest BCUT2D eigenvalue weighted by Gasteiger charge is 2.30. The van der Waals surface area contributed by atoms with Crippen molar-refractivity contribution in [2.45, 2.75) is 36.2 Å². The summed E-state index contributed by atoms with van der Waals surface area (Å²) in [6.07, 6.45) is 4.34. The van der Waals surface area contributed by atoms with Gasteiger partial charge in [-0.2, -0.15) is 0 Å². The van der Waals surface area contributed by atoms with Gasteiger partial charge in [-0.1, -0.05) is 41.6 Å². The largest absolute Gasteiger partial charge is 0.302 e. The zero-order valence-corrected chi connectivity index (χ0v) is 15.9. The standard InChI is InChI=1S/C18H17ClN4S2/c1-2-9-23-16(12-3-4-12)21-22-18(23)25-11-15-10-24-17(20-15)13-5-7-14(19)8-6-13/h2,5-8,10,12H,1,3-4,9,11H2. The van der Waals surface area contributed by atoms with E-state index in [9.17, 15) is 0 Å². The van der Waals surface area contributed by atoms with Crippen LogP contribution in [0.1, 0.15) is 30.3 Å². The van der Waals surface area contributed by atoms with Crippen molar-refractivity contribution in [3.63, 3.8) is 0 Å². The van der Waals surface area contributed by atoms with E-state index in [2.05, 4.69) is 26.7 Å². The Bertz CT molecular complexity index is 881. The van der Waals surface area contributed by atoms with Gasteiger partial charge < -0.3 is 4.57 Å². The molecule has 25 heavy (non-hydrogen) atoms. The van der Waals surface area contributed by atoms with Crippen LogP contribution < -0.4 is 0 Å². The molecular weight excluding hydrogens is 372 g/mol. The second-order valence-corrected chi connectivity index (χ2v) is 8.19. The lowest BCUT2D eigenvalue weighted by Crippen LogP contribution is -2.02. The van der Waals surface area contributed by atoms with E-state index in [1.165, 1.54) is 12.8 Å². The van der Waals surface area contributed by atoms with E-state index in [1.54, 1.807) is 23.1 Å². The topological polar surface area (TPSA) is 43.6 Å². The maximum absolute atomic E-state index is 5.95. The zero-order chi connectivity index (χ0) is 17.2. The number of thiazole rings is 1. The summed E-state index contributed by atoms with van der Waals surface area (Å²) in [5, 5.41) is 13.6. The van der Waals surface area contributed by atoms with Gasteiger partial charge in [0.1, 0.15) is 10.8 Å². The number of aromatic nitrogens is 4. The molecule has 128 valence electrons. The molecule has 0 bridgehead atoms. The number of allylic oxidation sites excluding steroid dienone is 1. The summed E-state index contributed by atoms with van der Waals surface area (Å²) < 4.78 is 2.18. The first-order valence-electron chi connectivity index (χ1n) is 8.11. The predicted octanol–water partition coefficient (Wildman–Crippen LogP) is 5.41. The van der Waals surface area contributed by atoms with Crippen molar-refractivity contribution in [3.8, 4) is 10.6 Å². The summed E-state index contributed by atoms with van der Waals surface area (Å²) in [7, 11) is 0. The van der Waals surface area contributed by atoms with Gasteiger partial charge in [0.05, 0.1) is 5.69 Å². The summed E-state index contributed by atoms with van der Waals surface area (Å²) >= 11 is 9.28. The van der Waals surface area contributed by atoms with E-state index in [-0.39, 0.29) is 0 Å². The molecule has 1 aliphatic carbocycles. The van der Waals surface area contributed by atoms with Crippen LogP contribution in [0.25, 0.3) is 10.6 Å². The van der Waals surface area contributed by atoms with E-state index in [0.717, 1.165) is 44.6 Å². The summed E-state index contributed by atoms with van der Waals surface area (Å²) in [6, 6.07) is 7.79. The Morgan fingerprint density at radius 2 is 2.08 bits per heavy atom. The van der Waals surface area contributed by atoms with Crippen molar-refractivity contribution < 1.29 is 0 Å². The van der Waals surface area contributed by atoms with E-state index < -0.39 is 0 Å². The van der Waals surface area contributed by atoms with Gasteiger partial charge in [0.2, 0.25) is 0 Å². The van der Waals surface area contributed by atoms with Crippen LogP contribution in [0, 0.1) is 0 Å². The van der Waals surface area contributed by atoms with Crippen molar-refractivity contribution in [1.82, 2.24) is 19.7 Å². The molecule has 4 rings (SSSR count). The highest BCUT2D eigenvalue weighted by Crippen LogP contribution is 2.40. The number of hydrogen-bond donors (Lipinski definition) is 0. The summed E-state index contributed by atoms with van der Waals surface area (Å²) in [5.41, 5.74) is 2.15. The molecule has 0 radical (unpaired) electrons. The predicted molar refractivity (Wildman–Crippen MR) is 104 cm³/mol. The molecule has 2 heterocycles. The van der Waals surface area contributed by atoms with Gasteiger partial charge in [0.25, 0.3) is 0 Å². The second-order valence-electron chi connectivity index (χ2n) is 5.95. The third-order valence-corrected chi connectivity index (χ3v) is 6.18. The first-order chi connectivity index (χ1) is 12.2. The fourth-order valence-corrected chi connectivity index (χ4v) is 4.49. The Hall–Kier alpha value is -1.63. The molecule has 1 fully saturated rings. The molecule has 0 amide bonds. The first kappa shape index (κ1) is 16.8. The van der Waals surface area contributed by atoms with Crippen LogP contribution in [0.2, 0.25) is 5.02 Å². The molecule has 2 aromatic heterocycles. The van der Waals surface area contributed by atoms with Crippen molar-refractivity contribution in [2.75, 3.05) is 0 Å². The molecule has 3 aromatic rings. The summed E-state index contributed by atoms with van der Waals surface area (Å²) in [5.74, 6) is 2.46. The van der Waals surface area contributed by atoms with Crippen LogP contribution >= 0.6 is 34.7 Å². The Kier molecular flexibility index (Phi) is 4.92. The van der Waals surface area contributed by atoms with Crippen LogP contribution in [0.4, 0.5) is 0 Å². The molecule has 0 aliphatic heterocycles. The van der Waals surface area contributed by atoms with E-state index in [0.29, 0.717) is 5.92 Å². The third-order valence-electron chi connectivity index (χ3n) is 3.99. The van der Waals surface area contributed by atoms with Gasteiger partial charge in [-0.25, -0.2) is 4.98 Å². The molecule has 7 heteroatoms. The van der Waals surface area contributed by atoms with E-state index in [1.807, 2.05) is 30.3 Å². The molecule has 1 aromatic carbocycles. The minimum Gasteiger partial charge on any atom is -0.302 e. The van der Waals surface area contributed by atoms with Gasteiger partial charge in [-0.3, -0.25) is 0 Å². The van der Waals surface area contributed by atoms with E-state index >= 15 is 0 Å². The van der Waals surface area contributed by atoms with Crippen LogP contribution in [0.15, 0.2) is 47.5 Å². The summed E-state index contributed by atoms with van der Waals surface area (Å²) in [4.78, 5) is 4.73. The fourth-order valence-electron chi connectivity index (χ4n) is 2.59. The van der Waals surface area contributed by atoms with Crippen LogP contribution in [-0.2, 0) is 12.3 Å². The Morgan fingerprint density at radius 3 is 2.80 bits per heavy atom. The summed E-state index contributed by atoms with van der Waals surface area (Å²) in [6.45, 7) is 4.61. The lowest BCUT2D eigenvalue weighted by Gasteiger charge is -2.06. The molecular formula is C18H17ClN4S2. The first-order valence-corrected chi connectivity index (χ1v) is 10.4. The van der Waals surface area contributed by atoms with Gasteiger partial charge in [-0.15, -0.1) is 28.1 Å². The highest BCUT2D eigenvalue weighted by atomic mass is 35.5. The Labute approximate surface area is 160 Å². The van der Waals surface area contributed by atoms with Crippen LogP contribution in [0.5, 0.6) is 0 Å². The van der Waals surface area contributed by atoms with Gasteiger partial charge in [-0.05, 0) is 25.0 Å². The molecule has 0 N–H and O–H groups in total. The number of thioether (sulfide) groups is 1. The molecule has 0 spiro atoms. The third kappa shape index (κ3) is 3.81. The van der Waals surface area contributed by atoms with Crippen molar-refractivity contribution in [3.05, 3.63) is 58.8 Å². The maximum Gasteiger partial charge on any atom is 0.191 e. The van der Waals surface area contributed by atoms with Crippen LogP contribution in [0.3, 0.4) is 0 Å². The van der Waals surface area contributed by atoms with E-state index in [4.69, 9.17) is 16.6 Å². The number of nitrogens with zero attached hydrogens (tertiary/aromatic N) is 4.